The van der Waals surface area contributed by atoms with Gasteiger partial charge < -0.3 is 40.3 Å². The van der Waals surface area contributed by atoms with Gasteiger partial charge in [0, 0.05) is 6.42 Å². The van der Waals surface area contributed by atoms with Crippen LogP contribution in [-0.2, 0) is 14.3 Å². The molecule has 9 nitrogen and oxygen atoms in total. The second-order valence-electron chi connectivity index (χ2n) is 22.5. The number of hydrogen-bond acceptors (Lipinski definition) is 8. The summed E-state index contributed by atoms with van der Waals surface area (Å²) in [6, 6.07) is -0.757. The van der Waals surface area contributed by atoms with Crippen LogP contribution in [0.1, 0.15) is 290 Å². The van der Waals surface area contributed by atoms with Crippen molar-refractivity contribution >= 4 is 5.91 Å². The summed E-state index contributed by atoms with van der Waals surface area (Å²) in [5, 5.41) is 54.8. The number of rotatable bonds is 56. The Hall–Kier alpha value is -2.63. The first-order chi connectivity index (χ1) is 38.3. The van der Waals surface area contributed by atoms with Crippen LogP contribution in [-0.4, -0.2) is 87.5 Å². The molecule has 7 unspecified atom stereocenters. The van der Waals surface area contributed by atoms with Crippen LogP contribution in [0.5, 0.6) is 0 Å². The van der Waals surface area contributed by atoms with Crippen LogP contribution < -0.4 is 5.32 Å². The quantitative estimate of drug-likeness (QED) is 0.0261. The molecule has 7 atom stereocenters. The van der Waals surface area contributed by atoms with Gasteiger partial charge in [0.2, 0.25) is 5.91 Å². The molecular weight excluding hydrogens is 971 g/mol. The molecule has 0 aromatic heterocycles. The normalized spacial score (nSPS) is 19.2. The zero-order chi connectivity index (χ0) is 56.5. The first kappa shape index (κ1) is 73.4. The zero-order valence-corrected chi connectivity index (χ0v) is 50.4. The number of ether oxygens (including phenoxy) is 2. The summed E-state index contributed by atoms with van der Waals surface area (Å²) >= 11 is 0. The van der Waals surface area contributed by atoms with E-state index in [4.69, 9.17) is 9.47 Å². The monoisotopic (exact) mass is 1090 g/mol. The standard InChI is InChI=1S/C69H123NO8/c1-3-5-7-9-11-13-15-17-19-21-23-25-27-28-29-30-31-32-33-34-35-37-38-40-42-44-46-48-50-52-54-56-58-63(72)62(61-77-69-68(76)67(75)66(74)64(60-71)78-69)70-65(73)59-57-55-53-51-49-47-45-43-41-39-36-26-24-22-20-18-16-14-12-10-8-6-4-2/h6,8,12,14,18,20,24,26,39,41,45,47,51,53,62-64,66-69,71-72,74-76H,3-5,7,9-11,13,15-17,19,21-23,25,27-38,40,42-44,46,48-50,52,54-61H2,1-2H3,(H,70,73)/b8-6-,14-12-,20-18-,26-24-,41-39-,47-45-,53-51-. The smallest absolute Gasteiger partial charge is 0.220 e. The lowest BCUT2D eigenvalue weighted by atomic mass is 9.99. The molecule has 6 N–H and O–H groups in total. The van der Waals surface area contributed by atoms with Gasteiger partial charge in [-0.05, 0) is 64.2 Å². The van der Waals surface area contributed by atoms with E-state index in [0.29, 0.717) is 12.8 Å². The average Bonchev–Trinajstić information content (AvgIpc) is 3.45. The minimum Gasteiger partial charge on any atom is -0.394 e. The van der Waals surface area contributed by atoms with Crippen LogP contribution in [0.2, 0.25) is 0 Å². The van der Waals surface area contributed by atoms with Gasteiger partial charge in [-0.1, -0.05) is 304 Å². The van der Waals surface area contributed by atoms with Crippen LogP contribution in [0.25, 0.3) is 0 Å². The zero-order valence-electron chi connectivity index (χ0n) is 50.4. The summed E-state index contributed by atoms with van der Waals surface area (Å²) in [5.41, 5.74) is 0. The molecule has 1 amide bonds. The first-order valence-corrected chi connectivity index (χ1v) is 32.8. The minimum atomic E-state index is -1.57. The Kier molecular flexibility index (Phi) is 54.2. The van der Waals surface area contributed by atoms with Crippen molar-refractivity contribution in [1.82, 2.24) is 5.32 Å². The van der Waals surface area contributed by atoms with E-state index in [1.165, 1.54) is 186 Å². The highest BCUT2D eigenvalue weighted by Gasteiger charge is 2.44. The number of amides is 1. The molecule has 0 radical (unpaired) electrons. The van der Waals surface area contributed by atoms with Crippen molar-refractivity contribution in [2.24, 2.45) is 0 Å². The van der Waals surface area contributed by atoms with E-state index < -0.39 is 49.5 Å². The van der Waals surface area contributed by atoms with Crippen LogP contribution in [0.15, 0.2) is 85.1 Å². The number of aliphatic hydroxyl groups is 5. The number of carbonyl (C=O) groups is 1. The fraction of sp³-hybridized carbons (Fsp3) is 0.783. The molecule has 78 heavy (non-hydrogen) atoms. The van der Waals surface area contributed by atoms with Gasteiger partial charge in [0.1, 0.15) is 24.4 Å². The third-order valence-corrected chi connectivity index (χ3v) is 15.3. The minimum absolute atomic E-state index is 0.166. The second-order valence-corrected chi connectivity index (χ2v) is 22.5. The van der Waals surface area contributed by atoms with Gasteiger partial charge in [-0.2, -0.15) is 0 Å². The van der Waals surface area contributed by atoms with Crippen molar-refractivity contribution in [3.05, 3.63) is 85.1 Å². The van der Waals surface area contributed by atoms with E-state index in [-0.39, 0.29) is 18.9 Å². The van der Waals surface area contributed by atoms with E-state index in [1.54, 1.807) is 0 Å². The lowest BCUT2D eigenvalue weighted by molar-refractivity contribution is -0.302. The molecule has 1 aliphatic heterocycles. The third-order valence-electron chi connectivity index (χ3n) is 15.3. The lowest BCUT2D eigenvalue weighted by Gasteiger charge is -2.40. The molecule has 0 saturated carbocycles. The van der Waals surface area contributed by atoms with E-state index in [9.17, 15) is 30.3 Å². The SMILES string of the molecule is CC/C=C\C/C=C\C/C=C\C/C=C\C/C=C\C/C=C\C/C=C\CCCC(=O)NC(COC1OC(CO)C(O)C(O)C1O)C(O)CCCCCCCCCCCCCCCCCCCCCCCCCCCCCCCCCC. The number of aliphatic hydroxyl groups excluding tert-OH is 5. The first-order valence-electron chi connectivity index (χ1n) is 32.8. The summed E-state index contributed by atoms with van der Waals surface area (Å²) in [5.74, 6) is -0.201. The van der Waals surface area contributed by atoms with Crippen molar-refractivity contribution < 1.29 is 39.8 Å². The number of carbonyl (C=O) groups excluding carboxylic acids is 1. The highest BCUT2D eigenvalue weighted by Crippen LogP contribution is 2.23. The number of unbranched alkanes of at least 4 members (excludes halogenated alkanes) is 32. The predicted molar refractivity (Wildman–Crippen MR) is 332 cm³/mol. The average molecular weight is 1090 g/mol. The molecule has 1 aliphatic rings. The van der Waals surface area contributed by atoms with Gasteiger partial charge in [-0.25, -0.2) is 0 Å². The van der Waals surface area contributed by atoms with Gasteiger partial charge in [0.25, 0.3) is 0 Å². The summed E-state index contributed by atoms with van der Waals surface area (Å²) < 4.78 is 11.3. The highest BCUT2D eigenvalue weighted by atomic mass is 16.7. The molecule has 0 aromatic rings. The Labute approximate surface area is 480 Å². The molecule has 1 saturated heterocycles. The molecule has 1 heterocycles. The molecule has 452 valence electrons. The number of allylic oxidation sites excluding steroid dienone is 14. The van der Waals surface area contributed by atoms with Crippen LogP contribution >= 0.6 is 0 Å². The van der Waals surface area contributed by atoms with Crippen molar-refractivity contribution in [3.63, 3.8) is 0 Å². The molecule has 1 fully saturated rings. The fourth-order valence-corrected chi connectivity index (χ4v) is 10.2. The van der Waals surface area contributed by atoms with Crippen LogP contribution in [0.4, 0.5) is 0 Å². The topological polar surface area (TPSA) is 149 Å². The van der Waals surface area contributed by atoms with Crippen LogP contribution in [0.3, 0.4) is 0 Å². The largest absolute Gasteiger partial charge is 0.394 e. The van der Waals surface area contributed by atoms with Gasteiger partial charge in [-0.15, -0.1) is 0 Å². The van der Waals surface area contributed by atoms with E-state index in [2.05, 4.69) is 104 Å². The summed E-state index contributed by atoms with van der Waals surface area (Å²) in [4.78, 5) is 13.1. The summed E-state index contributed by atoms with van der Waals surface area (Å²) in [7, 11) is 0. The van der Waals surface area contributed by atoms with Crippen molar-refractivity contribution in [2.45, 2.75) is 333 Å². The van der Waals surface area contributed by atoms with E-state index >= 15 is 0 Å². The van der Waals surface area contributed by atoms with Crippen molar-refractivity contribution in [1.29, 1.82) is 0 Å². The van der Waals surface area contributed by atoms with Gasteiger partial charge in [-0.3, -0.25) is 4.79 Å². The lowest BCUT2D eigenvalue weighted by Crippen LogP contribution is -2.60. The number of nitrogens with one attached hydrogen (secondary N) is 1. The third kappa shape index (κ3) is 46.0. The molecule has 0 aromatic carbocycles. The fourth-order valence-electron chi connectivity index (χ4n) is 10.2. The van der Waals surface area contributed by atoms with Crippen LogP contribution in [0, 0.1) is 0 Å². The second kappa shape index (κ2) is 57.6. The Balaban J connectivity index is 2.17. The highest BCUT2D eigenvalue weighted by molar-refractivity contribution is 5.76. The van der Waals surface area contributed by atoms with E-state index in [0.717, 1.165) is 70.6 Å². The van der Waals surface area contributed by atoms with Gasteiger partial charge in [0.05, 0.1) is 25.4 Å². The molecule has 0 aliphatic carbocycles. The maximum atomic E-state index is 13.1. The van der Waals surface area contributed by atoms with E-state index in [1.807, 2.05) is 0 Å². The maximum Gasteiger partial charge on any atom is 0.220 e. The Morgan fingerprint density at radius 3 is 1.13 bits per heavy atom. The molecule has 1 rings (SSSR count). The molecule has 0 spiro atoms. The number of hydrogen-bond donors (Lipinski definition) is 6. The van der Waals surface area contributed by atoms with Gasteiger partial charge >= 0.3 is 0 Å². The Morgan fingerprint density at radius 2 is 0.782 bits per heavy atom. The Morgan fingerprint density at radius 1 is 0.449 bits per heavy atom. The molecule has 0 bridgehead atoms. The summed E-state index contributed by atoms with van der Waals surface area (Å²) in [6.07, 6.45) is 75.1. The summed E-state index contributed by atoms with van der Waals surface area (Å²) in [6.45, 7) is 3.72. The predicted octanol–water partition coefficient (Wildman–Crippen LogP) is 17.4. The van der Waals surface area contributed by atoms with Crippen molar-refractivity contribution in [2.75, 3.05) is 13.2 Å². The molecular formula is C69H123NO8. The van der Waals surface area contributed by atoms with Gasteiger partial charge in [0.15, 0.2) is 6.29 Å². The van der Waals surface area contributed by atoms with Crippen molar-refractivity contribution in [3.8, 4) is 0 Å². The maximum absolute atomic E-state index is 13.1. The Bertz CT molecular complexity index is 1500. The molecule has 9 heteroatoms.